The second-order valence-corrected chi connectivity index (χ2v) is 20.4. The van der Waals surface area contributed by atoms with Crippen LogP contribution >= 0.6 is 0 Å². The molecule has 1 heterocycles. The maximum Gasteiger partial charge on any atom is 0.337 e. The van der Waals surface area contributed by atoms with Gasteiger partial charge in [-0.1, -0.05) is 52.8 Å². The van der Waals surface area contributed by atoms with Crippen LogP contribution in [0.5, 0.6) is 0 Å². The van der Waals surface area contributed by atoms with Gasteiger partial charge < -0.3 is 20.7 Å². The molecule has 6 aliphatic rings. The second kappa shape index (κ2) is 11.9. The van der Waals surface area contributed by atoms with Gasteiger partial charge in [-0.3, -0.25) is 0 Å². The first-order chi connectivity index (χ1) is 22.6. The molecule has 5 aliphatic carbocycles. The Labute approximate surface area is 290 Å². The van der Waals surface area contributed by atoms with Crippen LogP contribution in [0.25, 0.3) is 5.57 Å². The quantitative estimate of drug-likeness (QED) is 0.339. The summed E-state index contributed by atoms with van der Waals surface area (Å²) < 4.78 is 28.9. The average Bonchev–Trinajstić information content (AvgIpc) is 3.38. The predicted octanol–water partition coefficient (Wildman–Crippen LogP) is 6.33. The lowest BCUT2D eigenvalue weighted by molar-refractivity contribution is -0.218. The fraction of sp³-hybridized carbons (Fsp3) is 0.775. The lowest BCUT2D eigenvalue weighted by Crippen LogP contribution is -2.69. The van der Waals surface area contributed by atoms with Crippen molar-refractivity contribution in [3.8, 4) is 0 Å². The van der Waals surface area contributed by atoms with Gasteiger partial charge in [-0.05, 0) is 126 Å². The Morgan fingerprint density at radius 1 is 0.917 bits per heavy atom. The number of hydrogen-bond acceptors (Lipinski definition) is 7. The van der Waals surface area contributed by atoms with Crippen molar-refractivity contribution in [3.05, 3.63) is 41.5 Å². The molecule has 1 aromatic carbocycles. The number of hydrogen-bond donors (Lipinski definition) is 2. The summed E-state index contributed by atoms with van der Waals surface area (Å²) in [5.74, 6) is 2.72. The molecule has 0 aromatic heterocycles. The molecule has 7 nitrogen and oxygen atoms in total. The third-order valence-electron chi connectivity index (χ3n) is 16.0. The first kappa shape index (κ1) is 34.7. The summed E-state index contributed by atoms with van der Waals surface area (Å²) in [6.07, 6.45) is 13.5. The van der Waals surface area contributed by atoms with Crippen molar-refractivity contribution in [3.63, 3.8) is 0 Å². The number of carbonyl (C=O) groups is 1. The highest BCUT2D eigenvalue weighted by molar-refractivity contribution is 7.91. The Kier molecular flexibility index (Phi) is 8.61. The number of esters is 1. The van der Waals surface area contributed by atoms with Crippen LogP contribution in [-0.2, 0) is 14.6 Å². The van der Waals surface area contributed by atoms with E-state index >= 15 is 0 Å². The number of nitrogens with zero attached hydrogens (tertiary/aromatic N) is 1. The minimum absolute atomic E-state index is 0.0385. The molecule has 4 saturated carbocycles. The number of nitrogens with two attached hydrogens (primary N) is 1. The molecule has 0 bridgehead atoms. The normalized spacial score (nSPS) is 43.2. The number of carbonyl (C=O) groups excluding carboxylic acids is 1. The van der Waals surface area contributed by atoms with Gasteiger partial charge in [0.05, 0.1) is 24.2 Å². The van der Waals surface area contributed by atoms with Crippen molar-refractivity contribution in [1.82, 2.24) is 10.2 Å². The van der Waals surface area contributed by atoms with E-state index in [1.54, 1.807) is 0 Å². The Hall–Kier alpha value is -1.74. The molecule has 266 valence electrons. The van der Waals surface area contributed by atoms with E-state index < -0.39 is 9.84 Å². The van der Waals surface area contributed by atoms with Gasteiger partial charge in [0, 0.05) is 37.8 Å². The number of ether oxygens (including phenoxy) is 1. The lowest BCUT2D eigenvalue weighted by atomic mass is 9.33. The summed E-state index contributed by atoms with van der Waals surface area (Å²) >= 11 is 0. The predicted molar refractivity (Wildman–Crippen MR) is 193 cm³/mol. The molecule has 1 aromatic rings. The summed E-state index contributed by atoms with van der Waals surface area (Å²) in [4.78, 5) is 14.4. The van der Waals surface area contributed by atoms with Crippen LogP contribution in [0.2, 0.25) is 0 Å². The smallest absolute Gasteiger partial charge is 0.337 e. The first-order valence-electron chi connectivity index (χ1n) is 18.9. The fourth-order valence-electron chi connectivity index (χ4n) is 13.4. The summed E-state index contributed by atoms with van der Waals surface area (Å²) in [5, 5.41) is 4.12. The number of fused-ring (bicyclic) bond motifs is 7. The van der Waals surface area contributed by atoms with Crippen LogP contribution in [0.3, 0.4) is 0 Å². The van der Waals surface area contributed by atoms with Gasteiger partial charge >= 0.3 is 5.97 Å². The molecular weight excluding hydrogens is 619 g/mol. The third kappa shape index (κ3) is 5.20. The molecule has 5 fully saturated rings. The minimum atomic E-state index is -2.85. The SMILES string of the molecule is COC(=O)c1ccc(C2=CCC3(C)C(CCC4(C)C3CCC3C5C(N)CCC5(NCCN5CCS(=O)(=O)CC5)CCC34C)C2(C)C)cc1. The molecule has 48 heavy (non-hydrogen) atoms. The molecule has 9 atom stereocenters. The Bertz CT molecular complexity index is 1540. The highest BCUT2D eigenvalue weighted by atomic mass is 32.2. The first-order valence-corrected chi connectivity index (χ1v) is 20.8. The maximum absolute atomic E-state index is 12.1. The van der Waals surface area contributed by atoms with E-state index in [1.165, 1.54) is 63.2 Å². The number of rotatable bonds is 6. The van der Waals surface area contributed by atoms with Crippen LogP contribution in [0, 0.1) is 45.3 Å². The van der Waals surface area contributed by atoms with Crippen molar-refractivity contribution >= 4 is 21.4 Å². The van der Waals surface area contributed by atoms with E-state index in [4.69, 9.17) is 10.5 Å². The van der Waals surface area contributed by atoms with Crippen LogP contribution in [-0.4, -0.2) is 75.7 Å². The third-order valence-corrected chi connectivity index (χ3v) is 17.6. The maximum atomic E-state index is 12.1. The van der Waals surface area contributed by atoms with Crippen molar-refractivity contribution in [2.24, 2.45) is 51.1 Å². The van der Waals surface area contributed by atoms with Crippen LogP contribution in [0.1, 0.15) is 108 Å². The number of sulfone groups is 1. The van der Waals surface area contributed by atoms with Gasteiger partial charge in [-0.2, -0.15) is 0 Å². The van der Waals surface area contributed by atoms with Gasteiger partial charge in [0.2, 0.25) is 0 Å². The number of nitrogens with one attached hydrogen (secondary N) is 1. The van der Waals surface area contributed by atoms with E-state index in [0.717, 1.165) is 25.9 Å². The molecule has 0 amide bonds. The van der Waals surface area contributed by atoms with Crippen LogP contribution in [0.4, 0.5) is 0 Å². The largest absolute Gasteiger partial charge is 0.465 e. The average molecular weight is 680 g/mol. The topological polar surface area (TPSA) is 102 Å². The number of benzene rings is 1. The molecular formula is C40H61N3O4S. The van der Waals surface area contributed by atoms with Crippen molar-refractivity contribution < 1.29 is 17.9 Å². The highest BCUT2D eigenvalue weighted by Gasteiger charge is 2.70. The molecule has 1 saturated heterocycles. The minimum Gasteiger partial charge on any atom is -0.465 e. The van der Waals surface area contributed by atoms with Gasteiger partial charge in [0.15, 0.2) is 9.84 Å². The van der Waals surface area contributed by atoms with Gasteiger partial charge in [0.1, 0.15) is 0 Å². The standard InChI is InChI=1S/C40H61N3O4S/c1-36(2)29(27-7-9-28(10-8-27)35(44)47-6)13-16-37(3)32(36)15-17-39(5)33(37)12-11-30-34-31(41)14-18-40(34,20-19-38(30,39)4)42-21-22-43-23-25-48(45,46)26-24-43/h7-10,13,30-34,42H,11-12,14-26,41H2,1-6H3. The molecule has 0 radical (unpaired) electrons. The molecule has 1 aliphatic heterocycles. The van der Waals surface area contributed by atoms with Crippen LogP contribution < -0.4 is 11.1 Å². The molecule has 7 rings (SSSR count). The molecule has 3 N–H and O–H groups in total. The highest BCUT2D eigenvalue weighted by Crippen LogP contribution is 2.76. The zero-order chi connectivity index (χ0) is 34.3. The monoisotopic (exact) mass is 679 g/mol. The molecule has 8 heteroatoms. The summed E-state index contributed by atoms with van der Waals surface area (Å²) in [6, 6.07) is 8.31. The second-order valence-electron chi connectivity index (χ2n) is 18.1. The lowest BCUT2D eigenvalue weighted by Gasteiger charge is -2.72. The number of methoxy groups -OCH3 is 1. The van der Waals surface area contributed by atoms with E-state index in [0.29, 0.717) is 53.8 Å². The molecule has 9 unspecified atom stereocenters. The Morgan fingerprint density at radius 3 is 2.31 bits per heavy atom. The van der Waals surface area contributed by atoms with Crippen molar-refractivity contribution in [2.75, 3.05) is 44.8 Å². The summed E-state index contributed by atoms with van der Waals surface area (Å²) in [5.41, 5.74) is 11.3. The van der Waals surface area contributed by atoms with E-state index in [1.807, 2.05) is 12.1 Å². The van der Waals surface area contributed by atoms with Crippen molar-refractivity contribution in [1.29, 1.82) is 0 Å². The van der Waals surface area contributed by atoms with Crippen molar-refractivity contribution in [2.45, 2.75) is 104 Å². The fourth-order valence-corrected chi connectivity index (χ4v) is 14.7. The summed E-state index contributed by atoms with van der Waals surface area (Å²) in [7, 11) is -1.42. The summed E-state index contributed by atoms with van der Waals surface area (Å²) in [6.45, 7) is 16.1. The Morgan fingerprint density at radius 2 is 1.62 bits per heavy atom. The molecule has 0 spiro atoms. The number of allylic oxidation sites excluding steroid dienone is 2. The van der Waals surface area contributed by atoms with Gasteiger partial charge in [-0.15, -0.1) is 0 Å². The van der Waals surface area contributed by atoms with E-state index in [-0.39, 0.29) is 39.2 Å². The zero-order valence-corrected chi connectivity index (χ0v) is 31.3. The van der Waals surface area contributed by atoms with Gasteiger partial charge in [-0.25, -0.2) is 13.2 Å². The van der Waals surface area contributed by atoms with Crippen LogP contribution in [0.15, 0.2) is 30.3 Å². The van der Waals surface area contributed by atoms with Gasteiger partial charge in [0.25, 0.3) is 0 Å². The zero-order valence-electron chi connectivity index (χ0n) is 30.4. The van der Waals surface area contributed by atoms with E-state index in [9.17, 15) is 13.2 Å². The Balaban J connectivity index is 1.11. The van der Waals surface area contributed by atoms with E-state index in [2.05, 4.69) is 63.0 Å².